The van der Waals surface area contributed by atoms with Crippen LogP contribution in [0.5, 0.6) is 0 Å². The highest BCUT2D eigenvalue weighted by molar-refractivity contribution is 6.81. The molecular weight excluding hydrogens is 182 g/mol. The van der Waals surface area contributed by atoms with Crippen molar-refractivity contribution < 1.29 is 5.11 Å². The van der Waals surface area contributed by atoms with Crippen molar-refractivity contribution in [2.75, 3.05) is 0 Å². The molecule has 74 valence electrons. The molecule has 0 spiro atoms. The third-order valence-electron chi connectivity index (χ3n) is 2.08. The lowest BCUT2D eigenvalue weighted by molar-refractivity contribution is 0.121. The first-order chi connectivity index (χ1) is 4.96. The summed E-state index contributed by atoms with van der Waals surface area (Å²) >= 11 is 0. The van der Waals surface area contributed by atoms with Gasteiger partial charge >= 0.3 is 0 Å². The molecule has 0 saturated carbocycles. The highest BCUT2D eigenvalue weighted by Crippen LogP contribution is 2.19. The lowest BCUT2D eigenvalue weighted by Gasteiger charge is -2.41. The van der Waals surface area contributed by atoms with E-state index in [4.69, 9.17) is 0 Å². The average Bonchev–Trinajstić information content (AvgIpc) is 1.52. The summed E-state index contributed by atoms with van der Waals surface area (Å²) in [7, 11) is -2.88. The van der Waals surface area contributed by atoms with E-state index < -0.39 is 21.7 Å². The van der Waals surface area contributed by atoms with E-state index in [2.05, 4.69) is 44.3 Å². The Hall–Kier alpha value is 0.354. The number of hydrogen-bond acceptors (Lipinski definition) is 2. The topological polar surface area (TPSA) is 32.3 Å². The monoisotopic (exact) mass is 205 g/mol. The van der Waals surface area contributed by atoms with E-state index in [1.165, 1.54) is 0 Å². The molecule has 0 aliphatic heterocycles. The predicted molar refractivity (Wildman–Crippen MR) is 60.5 cm³/mol. The van der Waals surface area contributed by atoms with E-state index in [9.17, 15) is 5.11 Å². The van der Waals surface area contributed by atoms with Crippen molar-refractivity contribution in [1.29, 1.82) is 0 Å². The zero-order valence-corrected chi connectivity index (χ0v) is 11.4. The lowest BCUT2D eigenvalue weighted by Crippen LogP contribution is -2.66. The normalized spacial score (nSPS) is 19.0. The predicted octanol–water partition coefficient (Wildman–Crippen LogP) is 2.00. The third-order valence-corrected chi connectivity index (χ3v) is 6.61. The zero-order chi connectivity index (χ0) is 10.2. The second-order valence-corrected chi connectivity index (χ2v) is 15.9. The molecule has 0 saturated heterocycles. The Kier molecular flexibility index (Phi) is 3.35. The Morgan fingerprint density at radius 1 is 1.00 bits per heavy atom. The second kappa shape index (κ2) is 3.25. The van der Waals surface area contributed by atoms with Crippen LogP contribution < -0.4 is 4.98 Å². The summed E-state index contributed by atoms with van der Waals surface area (Å²) in [6, 6.07) is 0. The molecule has 2 N–H and O–H groups in total. The highest BCUT2D eigenvalue weighted by atomic mass is 28.3. The van der Waals surface area contributed by atoms with Gasteiger partial charge in [-0.1, -0.05) is 39.3 Å². The minimum absolute atomic E-state index is 0.628. The van der Waals surface area contributed by atoms with E-state index in [0.717, 1.165) is 0 Å². The lowest BCUT2D eigenvalue weighted by atomic mass is 10.7. The molecule has 0 radical (unpaired) electrons. The van der Waals surface area contributed by atoms with Crippen molar-refractivity contribution in [3.8, 4) is 0 Å². The molecule has 0 aromatic rings. The van der Waals surface area contributed by atoms with Gasteiger partial charge in [-0.3, -0.25) is 0 Å². The Labute approximate surface area is 78.5 Å². The molecule has 0 rings (SSSR count). The molecule has 1 unspecified atom stereocenters. The van der Waals surface area contributed by atoms with Crippen LogP contribution in [0.3, 0.4) is 0 Å². The Balaban J connectivity index is 4.44. The molecule has 2 nitrogen and oxygen atoms in total. The van der Waals surface area contributed by atoms with Crippen molar-refractivity contribution in [3.05, 3.63) is 0 Å². The van der Waals surface area contributed by atoms with Crippen LogP contribution in [-0.2, 0) is 0 Å². The van der Waals surface area contributed by atoms with Crippen LogP contribution in [0, 0.1) is 0 Å². The molecular formula is C8H23NOSi2. The third kappa shape index (κ3) is 3.84. The summed E-state index contributed by atoms with van der Waals surface area (Å²) in [5, 5.41) is 9.54. The molecule has 0 amide bonds. The molecule has 0 fully saturated rings. The second-order valence-electron chi connectivity index (χ2n) is 5.70. The number of nitrogens with one attached hydrogen (secondary N) is 1. The van der Waals surface area contributed by atoms with Gasteiger partial charge in [0.2, 0.25) is 0 Å². The minimum atomic E-state index is -1.52. The van der Waals surface area contributed by atoms with Gasteiger partial charge in [0.05, 0.1) is 13.4 Å². The molecule has 1 atom stereocenters. The maximum absolute atomic E-state index is 10.2. The van der Waals surface area contributed by atoms with E-state index in [0.29, 0.717) is 0 Å². The fraction of sp³-hybridized carbons (Fsp3) is 1.00. The van der Waals surface area contributed by atoms with Gasteiger partial charge in [-0.25, -0.2) is 0 Å². The molecule has 4 heteroatoms. The maximum Gasteiger partial charge on any atom is 0.118 e. The average molecular weight is 205 g/mol. The highest BCUT2D eigenvalue weighted by Gasteiger charge is 2.39. The molecule has 0 aromatic carbocycles. The Morgan fingerprint density at radius 3 is 1.42 bits per heavy atom. The summed E-state index contributed by atoms with van der Waals surface area (Å²) in [5.41, 5.74) is 0. The summed E-state index contributed by atoms with van der Waals surface area (Å²) in [4.78, 5) is 3.39. The van der Waals surface area contributed by atoms with E-state index in [1.54, 1.807) is 0 Å². The molecule has 0 heterocycles. The van der Waals surface area contributed by atoms with Crippen molar-refractivity contribution in [3.63, 3.8) is 0 Å². The number of rotatable bonds is 3. The van der Waals surface area contributed by atoms with Crippen LogP contribution in [0.4, 0.5) is 0 Å². The van der Waals surface area contributed by atoms with Gasteiger partial charge in [0.15, 0.2) is 0 Å². The van der Waals surface area contributed by atoms with Crippen LogP contribution in [0.15, 0.2) is 0 Å². The molecule has 0 bridgehead atoms. The number of aliphatic hydroxyl groups is 1. The van der Waals surface area contributed by atoms with Crippen LogP contribution in [-0.4, -0.2) is 26.8 Å². The molecule has 12 heavy (non-hydrogen) atoms. The van der Waals surface area contributed by atoms with Gasteiger partial charge in [-0.15, -0.1) is 0 Å². The Morgan fingerprint density at radius 2 is 1.33 bits per heavy atom. The van der Waals surface area contributed by atoms with E-state index >= 15 is 0 Å². The largest absolute Gasteiger partial charge is 0.380 e. The van der Waals surface area contributed by atoms with Crippen LogP contribution in [0.25, 0.3) is 0 Å². The summed E-state index contributed by atoms with van der Waals surface area (Å²) in [6.07, 6.45) is 0. The molecule has 0 aliphatic carbocycles. The minimum Gasteiger partial charge on any atom is -0.380 e. The zero-order valence-electron chi connectivity index (χ0n) is 9.45. The summed E-state index contributed by atoms with van der Waals surface area (Å²) < 4.78 is 0. The maximum atomic E-state index is 10.2. The van der Waals surface area contributed by atoms with Crippen LogP contribution in [0.1, 0.15) is 6.92 Å². The SMILES string of the molecule is CC(O)(N[Si](C)(C)C)[Si](C)(C)C. The van der Waals surface area contributed by atoms with Crippen molar-refractivity contribution in [2.24, 2.45) is 0 Å². The fourth-order valence-electron chi connectivity index (χ4n) is 0.918. The number of hydrogen-bond donors (Lipinski definition) is 2. The van der Waals surface area contributed by atoms with Gasteiger partial charge in [-0.2, -0.15) is 0 Å². The van der Waals surface area contributed by atoms with Gasteiger partial charge in [0.1, 0.15) is 8.24 Å². The van der Waals surface area contributed by atoms with Gasteiger partial charge in [0.25, 0.3) is 0 Å². The quantitative estimate of drug-likeness (QED) is 0.546. The van der Waals surface area contributed by atoms with Crippen molar-refractivity contribution >= 4 is 16.3 Å². The fourth-order valence-corrected chi connectivity index (χ4v) is 5.00. The summed E-state index contributed by atoms with van der Waals surface area (Å²) in [6.45, 7) is 15.1. The smallest absolute Gasteiger partial charge is 0.118 e. The van der Waals surface area contributed by atoms with Crippen molar-refractivity contribution in [1.82, 2.24) is 4.98 Å². The molecule has 0 aliphatic rings. The van der Waals surface area contributed by atoms with Gasteiger partial charge in [-0.05, 0) is 6.92 Å². The van der Waals surface area contributed by atoms with E-state index in [1.807, 2.05) is 6.92 Å². The van der Waals surface area contributed by atoms with E-state index in [-0.39, 0.29) is 0 Å². The van der Waals surface area contributed by atoms with Crippen LogP contribution >= 0.6 is 0 Å². The standard InChI is InChI=1S/C8H23NOSi2/c1-8(10,11(2,3)4)9-12(5,6)7/h9-10H,1-7H3. The van der Waals surface area contributed by atoms with Crippen molar-refractivity contribution in [2.45, 2.75) is 51.6 Å². The summed E-state index contributed by atoms with van der Waals surface area (Å²) in [5.74, 6) is 0. The van der Waals surface area contributed by atoms with Gasteiger partial charge < -0.3 is 10.1 Å². The molecule has 0 aromatic heterocycles. The van der Waals surface area contributed by atoms with Gasteiger partial charge in [0, 0.05) is 0 Å². The first kappa shape index (κ1) is 12.4. The Bertz CT molecular complexity index is 155. The van der Waals surface area contributed by atoms with Crippen LogP contribution in [0.2, 0.25) is 39.3 Å². The first-order valence-electron chi connectivity index (χ1n) is 4.47. The first-order valence-corrected chi connectivity index (χ1v) is 11.5.